The van der Waals surface area contributed by atoms with Crippen LogP contribution in [0.1, 0.15) is 11.3 Å². The molecule has 0 aliphatic carbocycles. The molecule has 0 bridgehead atoms. The molecule has 34 heavy (non-hydrogen) atoms. The minimum atomic E-state index is -0.577. The lowest BCUT2D eigenvalue weighted by Gasteiger charge is -2.12. The second kappa shape index (κ2) is 7.91. The lowest BCUT2D eigenvalue weighted by molar-refractivity contribution is 0.393. The Morgan fingerprint density at radius 1 is 1.06 bits per heavy atom. The Kier molecular flexibility index (Phi) is 5.00. The summed E-state index contributed by atoms with van der Waals surface area (Å²) >= 11 is 0. The number of aromatic nitrogens is 5. The minimum Gasteiger partial charge on any atom is -0.497 e. The van der Waals surface area contributed by atoms with Gasteiger partial charge in [0, 0.05) is 30.6 Å². The molecule has 0 aliphatic rings. The molecule has 0 fully saturated rings. The minimum absolute atomic E-state index is 0.187. The molecule has 0 saturated heterocycles. The van der Waals surface area contributed by atoms with Crippen molar-refractivity contribution in [3.8, 4) is 17.2 Å². The maximum Gasteiger partial charge on any atom is 0.332 e. The summed E-state index contributed by atoms with van der Waals surface area (Å²) in [6.07, 6.45) is 1.77. The van der Waals surface area contributed by atoms with Crippen LogP contribution < -0.4 is 20.7 Å². The van der Waals surface area contributed by atoms with E-state index in [0.29, 0.717) is 23.0 Å². The van der Waals surface area contributed by atoms with E-state index < -0.39 is 17.1 Å². The summed E-state index contributed by atoms with van der Waals surface area (Å²) in [5.41, 5.74) is 1.07. The van der Waals surface area contributed by atoms with Crippen LogP contribution in [-0.2, 0) is 13.6 Å². The first-order chi connectivity index (χ1) is 16.3. The normalized spacial score (nSPS) is 11.4. The topological polar surface area (TPSA) is 84.7 Å². The van der Waals surface area contributed by atoms with E-state index in [4.69, 9.17) is 9.47 Å². The SMILES string of the molecule is COc1ccc(-n2c(C)cn3c4c(=O)n(Cc5ccccc5F)c(=O)n(C)c4nc23)c(OC)c1. The first-order valence-electron chi connectivity index (χ1n) is 10.5. The van der Waals surface area contributed by atoms with Crippen molar-refractivity contribution >= 4 is 16.9 Å². The van der Waals surface area contributed by atoms with Crippen LogP contribution in [0.15, 0.2) is 58.3 Å². The van der Waals surface area contributed by atoms with E-state index in [1.165, 1.54) is 10.6 Å². The summed E-state index contributed by atoms with van der Waals surface area (Å²) < 4.78 is 30.9. The van der Waals surface area contributed by atoms with Crippen molar-refractivity contribution in [1.82, 2.24) is 23.1 Å². The fourth-order valence-corrected chi connectivity index (χ4v) is 4.21. The van der Waals surface area contributed by atoms with Crippen LogP contribution in [0.4, 0.5) is 4.39 Å². The van der Waals surface area contributed by atoms with Crippen molar-refractivity contribution in [2.45, 2.75) is 13.5 Å². The van der Waals surface area contributed by atoms with Crippen molar-refractivity contribution in [1.29, 1.82) is 0 Å². The molecular weight excluding hydrogens is 441 g/mol. The Morgan fingerprint density at radius 2 is 1.82 bits per heavy atom. The quantitative estimate of drug-likeness (QED) is 0.400. The second-order valence-corrected chi connectivity index (χ2v) is 7.92. The van der Waals surface area contributed by atoms with Gasteiger partial charge in [0.2, 0.25) is 5.78 Å². The first kappa shape index (κ1) is 21.5. The zero-order valence-electron chi connectivity index (χ0n) is 19.1. The van der Waals surface area contributed by atoms with E-state index in [1.54, 1.807) is 62.2 Å². The van der Waals surface area contributed by atoms with Gasteiger partial charge in [-0.05, 0) is 25.1 Å². The summed E-state index contributed by atoms with van der Waals surface area (Å²) in [5.74, 6) is 1.14. The predicted molar refractivity (Wildman–Crippen MR) is 125 cm³/mol. The first-order valence-corrected chi connectivity index (χ1v) is 10.5. The molecule has 0 spiro atoms. The van der Waals surface area contributed by atoms with Gasteiger partial charge in [-0.2, -0.15) is 4.98 Å². The highest BCUT2D eigenvalue weighted by atomic mass is 19.1. The molecule has 10 heteroatoms. The third-order valence-electron chi connectivity index (χ3n) is 5.94. The van der Waals surface area contributed by atoms with Crippen LogP contribution in [0, 0.1) is 12.7 Å². The lowest BCUT2D eigenvalue weighted by atomic mass is 10.2. The number of halogens is 1. The molecule has 0 unspecified atom stereocenters. The number of benzene rings is 2. The number of rotatable bonds is 5. The fraction of sp³-hybridized carbons (Fsp3) is 0.208. The summed E-state index contributed by atoms with van der Waals surface area (Å²) in [6, 6.07) is 11.5. The average molecular weight is 463 g/mol. The number of hydrogen-bond acceptors (Lipinski definition) is 5. The van der Waals surface area contributed by atoms with Crippen LogP contribution in [0.5, 0.6) is 11.5 Å². The molecule has 0 radical (unpaired) electrons. The Morgan fingerprint density at radius 3 is 2.53 bits per heavy atom. The van der Waals surface area contributed by atoms with E-state index in [2.05, 4.69) is 4.98 Å². The third-order valence-corrected chi connectivity index (χ3v) is 5.94. The van der Waals surface area contributed by atoms with E-state index in [9.17, 15) is 14.0 Å². The molecule has 5 aromatic rings. The molecule has 0 atom stereocenters. The number of methoxy groups -OCH3 is 2. The molecule has 3 heterocycles. The summed E-state index contributed by atoms with van der Waals surface area (Å²) in [4.78, 5) is 31.1. The maximum atomic E-state index is 14.2. The Balaban J connectivity index is 1.79. The van der Waals surface area contributed by atoms with Gasteiger partial charge in [0.15, 0.2) is 11.2 Å². The summed E-state index contributed by atoms with van der Waals surface area (Å²) in [7, 11) is 4.67. The van der Waals surface area contributed by atoms with Gasteiger partial charge in [-0.3, -0.25) is 22.9 Å². The predicted octanol–water partition coefficient (Wildman–Crippen LogP) is 2.65. The number of aryl methyl sites for hydroxylation is 2. The molecule has 174 valence electrons. The third kappa shape index (κ3) is 3.10. The van der Waals surface area contributed by atoms with E-state index in [1.807, 2.05) is 17.6 Å². The van der Waals surface area contributed by atoms with Gasteiger partial charge in [0.05, 0.1) is 26.5 Å². The molecule has 9 nitrogen and oxygen atoms in total. The second-order valence-electron chi connectivity index (χ2n) is 7.92. The highest BCUT2D eigenvalue weighted by Gasteiger charge is 2.22. The van der Waals surface area contributed by atoms with Crippen LogP contribution >= 0.6 is 0 Å². The zero-order valence-corrected chi connectivity index (χ0v) is 19.1. The van der Waals surface area contributed by atoms with Gasteiger partial charge in [0.25, 0.3) is 5.56 Å². The van der Waals surface area contributed by atoms with Crippen LogP contribution in [0.25, 0.3) is 22.6 Å². The van der Waals surface area contributed by atoms with Crippen molar-refractivity contribution in [2.24, 2.45) is 7.05 Å². The van der Waals surface area contributed by atoms with Crippen LogP contribution in [-0.4, -0.2) is 37.3 Å². The van der Waals surface area contributed by atoms with E-state index >= 15 is 0 Å². The number of fused-ring (bicyclic) bond motifs is 3. The van der Waals surface area contributed by atoms with Crippen molar-refractivity contribution < 1.29 is 13.9 Å². The molecule has 0 aliphatic heterocycles. The Hall–Kier alpha value is -4.34. The Bertz CT molecular complexity index is 1690. The number of nitrogens with zero attached hydrogens (tertiary/aromatic N) is 5. The number of imidazole rings is 2. The van der Waals surface area contributed by atoms with E-state index in [-0.39, 0.29) is 23.3 Å². The van der Waals surface area contributed by atoms with Crippen molar-refractivity contribution in [3.05, 3.63) is 86.6 Å². The van der Waals surface area contributed by atoms with Gasteiger partial charge in [-0.1, -0.05) is 18.2 Å². The fourth-order valence-electron chi connectivity index (χ4n) is 4.21. The van der Waals surface area contributed by atoms with Gasteiger partial charge < -0.3 is 9.47 Å². The van der Waals surface area contributed by atoms with Gasteiger partial charge in [-0.15, -0.1) is 0 Å². The Labute approximate surface area is 192 Å². The molecular formula is C24H22FN5O4. The molecule has 3 aromatic heterocycles. The van der Waals surface area contributed by atoms with Crippen molar-refractivity contribution in [2.75, 3.05) is 14.2 Å². The maximum absolute atomic E-state index is 14.2. The van der Waals surface area contributed by atoms with E-state index in [0.717, 1.165) is 10.3 Å². The molecule has 0 saturated carbocycles. The number of ether oxygens (including phenoxy) is 2. The number of hydrogen-bond donors (Lipinski definition) is 0. The van der Waals surface area contributed by atoms with Crippen molar-refractivity contribution in [3.63, 3.8) is 0 Å². The molecule has 2 aromatic carbocycles. The lowest BCUT2D eigenvalue weighted by Crippen LogP contribution is -2.39. The summed E-state index contributed by atoms with van der Waals surface area (Å²) in [6.45, 7) is 1.69. The van der Waals surface area contributed by atoms with Crippen LogP contribution in [0.2, 0.25) is 0 Å². The average Bonchev–Trinajstić information content (AvgIpc) is 3.35. The van der Waals surface area contributed by atoms with Crippen LogP contribution in [0.3, 0.4) is 0 Å². The van der Waals surface area contributed by atoms with Gasteiger partial charge >= 0.3 is 5.69 Å². The molecule has 0 amide bonds. The standard InChI is InChI=1S/C24H22FN5O4/c1-14-12-28-20-21(26-23(28)30(14)18-10-9-16(33-3)11-19(18)34-4)27(2)24(32)29(22(20)31)13-15-7-5-6-8-17(15)25/h5-12H,13H2,1-4H3. The van der Waals surface area contributed by atoms with Gasteiger partial charge in [0.1, 0.15) is 17.3 Å². The smallest absolute Gasteiger partial charge is 0.332 e. The van der Waals surface area contributed by atoms with Gasteiger partial charge in [-0.25, -0.2) is 9.18 Å². The monoisotopic (exact) mass is 463 g/mol. The highest BCUT2D eigenvalue weighted by molar-refractivity contribution is 5.77. The summed E-state index contributed by atoms with van der Waals surface area (Å²) in [5, 5.41) is 0. The highest BCUT2D eigenvalue weighted by Crippen LogP contribution is 2.31. The largest absolute Gasteiger partial charge is 0.497 e. The molecule has 5 rings (SSSR count). The zero-order chi connectivity index (χ0) is 24.1. The molecule has 0 N–H and O–H groups in total.